The molecule has 8 heteroatoms. The fraction of sp³-hybridized carbons (Fsp3) is 0.481. The van der Waals surface area contributed by atoms with Crippen LogP contribution in [0.3, 0.4) is 0 Å². The van der Waals surface area contributed by atoms with Gasteiger partial charge in [0.15, 0.2) is 0 Å². The zero-order valence-electron chi connectivity index (χ0n) is 21.2. The number of carbonyl (C=O) groups excluding carboxylic acids is 2. The third-order valence-electron chi connectivity index (χ3n) is 6.45. The molecule has 0 radical (unpaired) electrons. The Labute approximate surface area is 207 Å². The summed E-state index contributed by atoms with van der Waals surface area (Å²) in [5.41, 5.74) is 1.24. The Balaban J connectivity index is 1.90. The molecule has 1 N–H and O–H groups in total. The molecule has 2 aromatic carbocycles. The average Bonchev–Trinajstić information content (AvgIpc) is 2.84. The molecule has 0 unspecified atom stereocenters. The Morgan fingerprint density at radius 2 is 1.89 bits per heavy atom. The van der Waals surface area contributed by atoms with Crippen LogP contribution in [0.2, 0.25) is 0 Å². The monoisotopic (exact) mass is 485 g/mol. The molecule has 0 fully saturated rings. The fourth-order valence-electron chi connectivity index (χ4n) is 4.33. The molecule has 0 saturated carbocycles. The number of rotatable bonds is 5. The topological polar surface area (TPSA) is 71.1 Å². The lowest BCUT2D eigenvalue weighted by Crippen LogP contribution is -2.46. The van der Waals surface area contributed by atoms with Gasteiger partial charge < -0.3 is 19.7 Å². The number of halogens is 1. The summed E-state index contributed by atoms with van der Waals surface area (Å²) in [6, 6.07) is 10.4. The molecule has 0 aromatic heterocycles. The van der Waals surface area contributed by atoms with Crippen LogP contribution < -0.4 is 10.1 Å². The van der Waals surface area contributed by atoms with Gasteiger partial charge in [0.05, 0.1) is 11.7 Å². The Morgan fingerprint density at radius 1 is 1.17 bits per heavy atom. The second kappa shape index (κ2) is 12.1. The van der Waals surface area contributed by atoms with E-state index in [1.807, 2.05) is 0 Å². The Hall–Kier alpha value is -2.97. The first-order valence-corrected chi connectivity index (χ1v) is 12.1. The van der Waals surface area contributed by atoms with Crippen molar-refractivity contribution in [2.45, 2.75) is 39.3 Å². The summed E-state index contributed by atoms with van der Waals surface area (Å²) in [5.74, 6) is -0.323. The molecule has 35 heavy (non-hydrogen) atoms. The van der Waals surface area contributed by atoms with E-state index in [0.717, 1.165) is 19.5 Å². The van der Waals surface area contributed by atoms with Gasteiger partial charge in [0.2, 0.25) is 0 Å². The van der Waals surface area contributed by atoms with Gasteiger partial charge in [-0.1, -0.05) is 13.8 Å². The minimum Gasteiger partial charge on any atom is -0.491 e. The number of hydrogen-bond acceptors (Lipinski definition) is 5. The van der Waals surface area contributed by atoms with Crippen LogP contribution in [0.15, 0.2) is 42.5 Å². The number of benzene rings is 2. The predicted octanol–water partition coefficient (Wildman–Crippen LogP) is 4.29. The molecular weight excluding hydrogens is 449 g/mol. The van der Waals surface area contributed by atoms with E-state index in [0.29, 0.717) is 35.7 Å². The van der Waals surface area contributed by atoms with Crippen LogP contribution in [-0.4, -0.2) is 74.2 Å². The van der Waals surface area contributed by atoms with E-state index in [9.17, 15) is 14.0 Å². The van der Waals surface area contributed by atoms with Crippen LogP contribution in [-0.2, 0) is 4.74 Å². The largest absolute Gasteiger partial charge is 0.491 e. The lowest BCUT2D eigenvalue weighted by atomic mass is 10.0. The van der Waals surface area contributed by atoms with Crippen molar-refractivity contribution < 1.29 is 23.5 Å². The summed E-state index contributed by atoms with van der Waals surface area (Å²) in [4.78, 5) is 30.0. The molecule has 3 rings (SSSR count). The molecule has 2 amide bonds. The highest BCUT2D eigenvalue weighted by Crippen LogP contribution is 2.27. The number of carbonyl (C=O) groups is 2. The number of fused-ring (bicyclic) bond motifs is 1. The number of amides is 2. The number of ether oxygens (including phenoxy) is 2. The molecule has 7 nitrogen and oxygen atoms in total. The van der Waals surface area contributed by atoms with Crippen LogP contribution in [0.1, 0.15) is 47.9 Å². The lowest BCUT2D eigenvalue weighted by Gasteiger charge is -2.35. The molecule has 0 bridgehead atoms. The molecule has 3 atom stereocenters. The van der Waals surface area contributed by atoms with E-state index < -0.39 is 5.82 Å². The van der Waals surface area contributed by atoms with Crippen molar-refractivity contribution in [2.24, 2.45) is 5.92 Å². The van der Waals surface area contributed by atoms with E-state index in [-0.39, 0.29) is 29.9 Å². The maximum Gasteiger partial charge on any atom is 0.257 e. The highest BCUT2D eigenvalue weighted by Gasteiger charge is 2.28. The van der Waals surface area contributed by atoms with Crippen LogP contribution in [0, 0.1) is 11.7 Å². The van der Waals surface area contributed by atoms with E-state index in [1.165, 1.54) is 24.3 Å². The summed E-state index contributed by atoms with van der Waals surface area (Å²) in [5, 5.41) is 2.81. The first-order chi connectivity index (χ1) is 16.7. The SMILES string of the molecule is CCCN1C[C@H](C)[C@H](OC)CN(C)C(=O)c2ccc(NC(=O)c3ccc(F)cc3)cc2OC[C@@H]1C. The van der Waals surface area contributed by atoms with Crippen molar-refractivity contribution in [1.82, 2.24) is 9.80 Å². The third-order valence-corrected chi connectivity index (χ3v) is 6.45. The third kappa shape index (κ3) is 6.80. The maximum atomic E-state index is 13.3. The van der Waals surface area contributed by atoms with Crippen molar-refractivity contribution in [1.29, 1.82) is 0 Å². The lowest BCUT2D eigenvalue weighted by molar-refractivity contribution is 0.0108. The number of likely N-dealkylation sites (N-methyl/N-ethyl adjacent to an activating group) is 1. The van der Waals surface area contributed by atoms with Gasteiger partial charge in [-0.25, -0.2) is 4.39 Å². The number of methoxy groups -OCH3 is 1. The molecule has 1 aliphatic heterocycles. The van der Waals surface area contributed by atoms with Crippen molar-refractivity contribution >= 4 is 17.5 Å². The van der Waals surface area contributed by atoms with Gasteiger partial charge in [-0.2, -0.15) is 0 Å². The minimum atomic E-state index is -0.409. The first-order valence-electron chi connectivity index (χ1n) is 12.1. The van der Waals surface area contributed by atoms with Gasteiger partial charge >= 0.3 is 0 Å². The number of nitrogens with one attached hydrogen (secondary N) is 1. The predicted molar refractivity (Wildman–Crippen MR) is 135 cm³/mol. The molecular formula is C27H36FN3O4. The van der Waals surface area contributed by atoms with Gasteiger partial charge in [-0.3, -0.25) is 14.5 Å². The Bertz CT molecular complexity index is 1010. The summed E-state index contributed by atoms with van der Waals surface area (Å²) >= 11 is 0. The zero-order valence-corrected chi connectivity index (χ0v) is 21.2. The van der Waals surface area contributed by atoms with E-state index in [1.54, 1.807) is 37.3 Å². The van der Waals surface area contributed by atoms with Crippen molar-refractivity contribution in [2.75, 3.05) is 45.7 Å². The van der Waals surface area contributed by atoms with Gasteiger partial charge in [0.1, 0.15) is 18.2 Å². The van der Waals surface area contributed by atoms with Gasteiger partial charge in [-0.15, -0.1) is 0 Å². The number of nitrogens with zero attached hydrogens (tertiary/aromatic N) is 2. The van der Waals surface area contributed by atoms with Crippen molar-refractivity contribution in [3.05, 3.63) is 59.4 Å². The van der Waals surface area contributed by atoms with E-state index in [2.05, 4.69) is 31.0 Å². The minimum absolute atomic E-state index is 0.103. The second-order valence-electron chi connectivity index (χ2n) is 9.26. The van der Waals surface area contributed by atoms with E-state index in [4.69, 9.17) is 9.47 Å². The molecule has 0 spiro atoms. The van der Waals surface area contributed by atoms with E-state index >= 15 is 0 Å². The Morgan fingerprint density at radius 3 is 2.54 bits per heavy atom. The van der Waals surface area contributed by atoms with Gasteiger partial charge in [0, 0.05) is 50.6 Å². The highest BCUT2D eigenvalue weighted by atomic mass is 19.1. The van der Waals surface area contributed by atoms with Crippen LogP contribution in [0.5, 0.6) is 5.75 Å². The molecule has 1 aliphatic rings. The summed E-state index contributed by atoms with van der Waals surface area (Å²) in [7, 11) is 3.44. The number of hydrogen-bond donors (Lipinski definition) is 1. The van der Waals surface area contributed by atoms with Crippen molar-refractivity contribution in [3.8, 4) is 5.75 Å². The molecule has 190 valence electrons. The fourth-order valence-corrected chi connectivity index (χ4v) is 4.33. The van der Waals surface area contributed by atoms with Crippen LogP contribution >= 0.6 is 0 Å². The molecule has 0 aliphatic carbocycles. The molecule has 0 saturated heterocycles. The zero-order chi connectivity index (χ0) is 25.5. The molecule has 1 heterocycles. The standard InChI is InChI=1S/C27H36FN3O4/c1-6-13-31-15-18(2)25(34-5)16-30(4)27(33)23-12-11-22(14-24(23)35-17-19(31)3)29-26(32)20-7-9-21(28)10-8-20/h7-12,14,18-19,25H,6,13,15-17H2,1-5H3,(H,29,32)/t18-,19-,25+/m0/s1. The quantitative estimate of drug-likeness (QED) is 0.684. The highest BCUT2D eigenvalue weighted by molar-refractivity contribution is 6.05. The maximum absolute atomic E-state index is 13.3. The van der Waals surface area contributed by atoms with Crippen LogP contribution in [0.4, 0.5) is 10.1 Å². The van der Waals surface area contributed by atoms with Crippen LogP contribution in [0.25, 0.3) is 0 Å². The average molecular weight is 486 g/mol. The van der Waals surface area contributed by atoms with Crippen molar-refractivity contribution in [3.63, 3.8) is 0 Å². The smallest absolute Gasteiger partial charge is 0.257 e. The summed E-state index contributed by atoms with van der Waals surface area (Å²) in [6.07, 6.45) is 0.914. The van der Waals surface area contributed by atoms with Gasteiger partial charge in [-0.05, 0) is 62.2 Å². The first kappa shape index (κ1) is 26.6. The second-order valence-corrected chi connectivity index (χ2v) is 9.26. The Kier molecular flexibility index (Phi) is 9.23. The normalized spacial score (nSPS) is 21.9. The number of anilines is 1. The summed E-state index contributed by atoms with van der Waals surface area (Å²) < 4.78 is 25.1. The summed E-state index contributed by atoms with van der Waals surface area (Å²) in [6.45, 7) is 9.03. The molecule has 2 aromatic rings. The van der Waals surface area contributed by atoms with Gasteiger partial charge in [0.25, 0.3) is 11.8 Å².